The fourth-order valence-electron chi connectivity index (χ4n) is 2.65. The van der Waals surface area contributed by atoms with Crippen molar-refractivity contribution in [3.63, 3.8) is 0 Å². The van der Waals surface area contributed by atoms with E-state index < -0.39 is 49.9 Å². The number of amides is 1. The molecule has 6 nitrogen and oxygen atoms in total. The summed E-state index contributed by atoms with van der Waals surface area (Å²) in [6.45, 7) is -0.139. The van der Waals surface area contributed by atoms with Gasteiger partial charge in [-0.1, -0.05) is 18.2 Å². The Morgan fingerprint density at radius 3 is 2.38 bits per heavy atom. The molecule has 2 aromatic rings. The molecule has 1 aromatic heterocycles. The number of rotatable bonds is 5. The largest absolute Gasteiger partial charge is 0.471 e. The number of likely N-dealkylation sites (tertiary alicyclic amines) is 1. The Balaban J connectivity index is 1.69. The SMILES string of the molecule is O=C(c1ccccc1S(=O)(=O)C(F)F)N1CC(Oc2cccc(C(F)(F)F)n2)C1. The predicted molar refractivity (Wildman–Crippen MR) is 89.2 cm³/mol. The van der Waals surface area contributed by atoms with Gasteiger partial charge in [-0.15, -0.1) is 0 Å². The molecule has 12 heteroatoms. The van der Waals surface area contributed by atoms with Crippen molar-refractivity contribution in [2.24, 2.45) is 0 Å². The van der Waals surface area contributed by atoms with E-state index in [2.05, 4.69) is 4.98 Å². The highest BCUT2D eigenvalue weighted by molar-refractivity contribution is 7.91. The zero-order valence-corrected chi connectivity index (χ0v) is 15.3. The number of benzene rings is 1. The standard InChI is InChI=1S/C17H13F5N2O4S/c18-16(19)29(26,27)12-5-2-1-4-11(12)15(25)24-8-10(9-24)28-14-7-3-6-13(23-14)17(20,21)22/h1-7,10,16H,8-9H2. The molecule has 1 amide bonds. The normalized spacial score (nSPS) is 15.3. The summed E-state index contributed by atoms with van der Waals surface area (Å²) in [6, 6.07) is 7.70. The maximum absolute atomic E-state index is 12.8. The Hall–Kier alpha value is -2.76. The first-order chi connectivity index (χ1) is 13.5. The molecule has 2 heterocycles. The van der Waals surface area contributed by atoms with Gasteiger partial charge in [0, 0.05) is 6.07 Å². The first-order valence-electron chi connectivity index (χ1n) is 8.11. The van der Waals surface area contributed by atoms with Crippen molar-refractivity contribution in [3.8, 4) is 5.88 Å². The first-order valence-corrected chi connectivity index (χ1v) is 9.66. The van der Waals surface area contributed by atoms with E-state index in [1.165, 1.54) is 18.2 Å². The molecule has 1 saturated heterocycles. The van der Waals surface area contributed by atoms with Crippen LogP contribution in [-0.2, 0) is 16.0 Å². The van der Waals surface area contributed by atoms with Crippen molar-refractivity contribution in [2.75, 3.05) is 13.1 Å². The monoisotopic (exact) mass is 436 g/mol. The minimum atomic E-state index is -4.98. The van der Waals surface area contributed by atoms with E-state index in [-0.39, 0.29) is 19.0 Å². The average Bonchev–Trinajstić information content (AvgIpc) is 2.63. The second-order valence-corrected chi connectivity index (χ2v) is 8.00. The van der Waals surface area contributed by atoms with Crippen molar-refractivity contribution < 1.29 is 39.9 Å². The van der Waals surface area contributed by atoms with Crippen LogP contribution in [0.15, 0.2) is 47.4 Å². The maximum atomic E-state index is 12.8. The van der Waals surface area contributed by atoms with Gasteiger partial charge in [-0.3, -0.25) is 4.79 Å². The maximum Gasteiger partial charge on any atom is 0.433 e. The van der Waals surface area contributed by atoms with Crippen LogP contribution in [0.2, 0.25) is 0 Å². The van der Waals surface area contributed by atoms with E-state index in [1.54, 1.807) is 0 Å². The lowest BCUT2D eigenvalue weighted by Gasteiger charge is -2.38. The van der Waals surface area contributed by atoms with Crippen LogP contribution in [0.1, 0.15) is 16.1 Å². The molecule has 156 valence electrons. The lowest BCUT2D eigenvalue weighted by molar-refractivity contribution is -0.141. The Bertz CT molecular complexity index is 1020. The molecule has 1 fully saturated rings. The number of hydrogen-bond donors (Lipinski definition) is 0. The number of pyridine rings is 1. The zero-order chi connectivity index (χ0) is 21.4. The molecule has 0 radical (unpaired) electrons. The molecular formula is C17H13F5N2O4S. The lowest BCUT2D eigenvalue weighted by atomic mass is 10.1. The van der Waals surface area contributed by atoms with E-state index in [9.17, 15) is 35.2 Å². The summed E-state index contributed by atoms with van der Waals surface area (Å²) in [6.07, 6.45) is -5.31. The minimum Gasteiger partial charge on any atom is -0.471 e. The number of ether oxygens (including phenoxy) is 1. The number of alkyl halides is 5. The second-order valence-electron chi connectivity index (χ2n) is 6.11. The summed E-state index contributed by atoms with van der Waals surface area (Å²) in [5.74, 6) is -4.77. The third-order valence-corrected chi connectivity index (χ3v) is 5.53. The molecule has 29 heavy (non-hydrogen) atoms. The first kappa shape index (κ1) is 21.0. The van der Waals surface area contributed by atoms with Crippen LogP contribution in [0.4, 0.5) is 22.0 Å². The van der Waals surface area contributed by atoms with Gasteiger partial charge in [0.05, 0.1) is 23.5 Å². The fourth-order valence-corrected chi connectivity index (χ4v) is 3.57. The topological polar surface area (TPSA) is 76.6 Å². The Morgan fingerprint density at radius 2 is 1.76 bits per heavy atom. The molecule has 3 rings (SSSR count). The highest BCUT2D eigenvalue weighted by Gasteiger charge is 2.38. The van der Waals surface area contributed by atoms with Crippen LogP contribution in [0.3, 0.4) is 0 Å². The summed E-state index contributed by atoms with van der Waals surface area (Å²) in [5.41, 5.74) is -1.54. The Kier molecular flexibility index (Phi) is 5.48. The smallest absolute Gasteiger partial charge is 0.433 e. The van der Waals surface area contributed by atoms with Crippen LogP contribution in [0.25, 0.3) is 0 Å². The van der Waals surface area contributed by atoms with Gasteiger partial charge in [0.25, 0.3) is 5.91 Å². The molecule has 1 aliphatic rings. The Labute approximate surface area is 161 Å². The molecule has 0 spiro atoms. The molecule has 0 aliphatic carbocycles. The number of carbonyl (C=O) groups excluding carboxylic acids is 1. The van der Waals surface area contributed by atoms with Crippen molar-refractivity contribution in [2.45, 2.75) is 22.9 Å². The van der Waals surface area contributed by atoms with Gasteiger partial charge in [0.2, 0.25) is 15.7 Å². The van der Waals surface area contributed by atoms with Gasteiger partial charge in [0.15, 0.2) is 0 Å². The van der Waals surface area contributed by atoms with E-state index >= 15 is 0 Å². The molecule has 0 atom stereocenters. The van der Waals surface area contributed by atoms with Gasteiger partial charge in [0.1, 0.15) is 11.8 Å². The van der Waals surface area contributed by atoms with Gasteiger partial charge in [-0.2, -0.15) is 22.0 Å². The van der Waals surface area contributed by atoms with Crippen molar-refractivity contribution >= 4 is 15.7 Å². The highest BCUT2D eigenvalue weighted by atomic mass is 32.2. The number of aromatic nitrogens is 1. The predicted octanol–water partition coefficient (Wildman–Crippen LogP) is 3.00. The summed E-state index contributed by atoms with van der Waals surface area (Å²) in [7, 11) is -4.98. The summed E-state index contributed by atoms with van der Waals surface area (Å²) in [4.78, 5) is 16.2. The molecule has 1 aliphatic heterocycles. The molecule has 0 N–H and O–H groups in total. The number of halogens is 5. The Morgan fingerprint density at radius 1 is 1.10 bits per heavy atom. The van der Waals surface area contributed by atoms with Crippen LogP contribution >= 0.6 is 0 Å². The average molecular weight is 436 g/mol. The van der Waals surface area contributed by atoms with Crippen LogP contribution in [0, 0.1) is 0 Å². The highest BCUT2D eigenvalue weighted by Crippen LogP contribution is 2.30. The number of hydrogen-bond acceptors (Lipinski definition) is 5. The van der Waals surface area contributed by atoms with Crippen LogP contribution < -0.4 is 4.74 Å². The van der Waals surface area contributed by atoms with Gasteiger partial charge in [-0.05, 0) is 18.2 Å². The fraction of sp³-hybridized carbons (Fsp3) is 0.294. The van der Waals surface area contributed by atoms with Crippen LogP contribution in [-0.4, -0.2) is 49.2 Å². The van der Waals surface area contributed by atoms with E-state index in [0.29, 0.717) is 0 Å². The summed E-state index contributed by atoms with van der Waals surface area (Å²) in [5, 5.41) is 0. The molecule has 0 unspecified atom stereocenters. The minimum absolute atomic E-state index is 0.0696. The zero-order valence-electron chi connectivity index (χ0n) is 14.4. The van der Waals surface area contributed by atoms with Gasteiger partial charge < -0.3 is 9.64 Å². The number of carbonyl (C=O) groups is 1. The summed E-state index contributed by atoms with van der Waals surface area (Å²) >= 11 is 0. The number of sulfone groups is 1. The third-order valence-electron chi connectivity index (χ3n) is 4.10. The van der Waals surface area contributed by atoms with Gasteiger partial charge in [-0.25, -0.2) is 13.4 Å². The quantitative estimate of drug-likeness (QED) is 0.674. The van der Waals surface area contributed by atoms with Gasteiger partial charge >= 0.3 is 11.9 Å². The van der Waals surface area contributed by atoms with E-state index in [0.717, 1.165) is 29.2 Å². The van der Waals surface area contributed by atoms with Crippen molar-refractivity contribution in [3.05, 3.63) is 53.7 Å². The van der Waals surface area contributed by atoms with Crippen LogP contribution in [0.5, 0.6) is 5.88 Å². The molecular weight excluding hydrogens is 423 g/mol. The second kappa shape index (κ2) is 7.58. The lowest BCUT2D eigenvalue weighted by Crippen LogP contribution is -2.56. The summed E-state index contributed by atoms with van der Waals surface area (Å²) < 4.78 is 92.5. The molecule has 0 bridgehead atoms. The van der Waals surface area contributed by atoms with Crippen molar-refractivity contribution in [1.29, 1.82) is 0 Å². The van der Waals surface area contributed by atoms with E-state index in [4.69, 9.17) is 4.74 Å². The van der Waals surface area contributed by atoms with E-state index in [1.807, 2.05) is 0 Å². The number of nitrogens with zero attached hydrogens (tertiary/aromatic N) is 2. The third kappa shape index (κ3) is 4.31. The molecule has 1 aromatic carbocycles. The molecule has 0 saturated carbocycles. The van der Waals surface area contributed by atoms with Crippen molar-refractivity contribution in [1.82, 2.24) is 9.88 Å².